The van der Waals surface area contributed by atoms with E-state index in [9.17, 15) is 9.59 Å². The lowest BCUT2D eigenvalue weighted by molar-refractivity contribution is -0.113. The second-order valence-corrected chi connectivity index (χ2v) is 9.26. The number of aromatic nitrogens is 1. The van der Waals surface area contributed by atoms with Crippen LogP contribution in [-0.2, 0) is 17.6 Å². The Morgan fingerprint density at radius 2 is 1.68 bits per heavy atom. The molecule has 2 N–H and O–H groups in total. The largest absolute Gasteiger partial charge is 0.347 e. The zero-order valence-corrected chi connectivity index (χ0v) is 19.4. The van der Waals surface area contributed by atoms with Gasteiger partial charge in [-0.15, -0.1) is 0 Å². The summed E-state index contributed by atoms with van der Waals surface area (Å²) in [4.78, 5) is 29.9. The number of nitrogens with zero attached hydrogens (tertiary/aromatic N) is 1. The average molecular weight is 452 g/mol. The van der Waals surface area contributed by atoms with Crippen LogP contribution in [-0.4, -0.2) is 22.8 Å². The summed E-state index contributed by atoms with van der Waals surface area (Å²) < 4.78 is 0. The molecule has 0 fully saturated rings. The monoisotopic (exact) mass is 451 g/mol. The van der Waals surface area contributed by atoms with Crippen molar-refractivity contribution in [3.05, 3.63) is 100 Å². The summed E-state index contributed by atoms with van der Waals surface area (Å²) in [7, 11) is 0. The Bertz CT molecular complexity index is 1250. The van der Waals surface area contributed by atoms with E-state index in [0.29, 0.717) is 5.69 Å². The molecule has 3 aromatic rings. The summed E-state index contributed by atoms with van der Waals surface area (Å²) in [5.41, 5.74) is 8.05. The molecule has 2 aliphatic rings. The molecule has 172 valence electrons. The van der Waals surface area contributed by atoms with Crippen LogP contribution in [0.2, 0.25) is 0 Å². The van der Waals surface area contributed by atoms with Crippen LogP contribution >= 0.6 is 0 Å². The lowest BCUT2D eigenvalue weighted by atomic mass is 9.86. The van der Waals surface area contributed by atoms with E-state index in [1.165, 1.54) is 22.3 Å². The minimum Gasteiger partial charge on any atom is -0.347 e. The van der Waals surface area contributed by atoms with Gasteiger partial charge in [-0.1, -0.05) is 42.0 Å². The van der Waals surface area contributed by atoms with Gasteiger partial charge in [0, 0.05) is 23.5 Å². The maximum absolute atomic E-state index is 13.3. The SMILES string of the molecule is Cc1ccc(C2=C(C(=O)Nc3ccc4c(c3)CC(NC(=O)c3ccccn3)C4)CCCC2)cc1. The number of aryl methyl sites for hydroxylation is 1. The molecule has 1 aromatic heterocycles. The first-order valence-corrected chi connectivity index (χ1v) is 12.0. The fraction of sp³-hybridized carbons (Fsp3) is 0.276. The van der Waals surface area contributed by atoms with Crippen LogP contribution in [0.3, 0.4) is 0 Å². The molecule has 2 aliphatic carbocycles. The molecule has 0 saturated heterocycles. The third-order valence-electron chi connectivity index (χ3n) is 6.77. The Morgan fingerprint density at radius 3 is 2.47 bits per heavy atom. The number of amides is 2. The van der Waals surface area contributed by atoms with Crippen molar-refractivity contribution >= 4 is 23.1 Å². The van der Waals surface area contributed by atoms with Gasteiger partial charge in [-0.05, 0) is 92.0 Å². The Labute approximate surface area is 200 Å². The van der Waals surface area contributed by atoms with Crippen LogP contribution in [0.5, 0.6) is 0 Å². The van der Waals surface area contributed by atoms with Crippen molar-refractivity contribution in [3.63, 3.8) is 0 Å². The van der Waals surface area contributed by atoms with E-state index in [2.05, 4.69) is 58.9 Å². The van der Waals surface area contributed by atoms with Gasteiger partial charge in [0.15, 0.2) is 0 Å². The van der Waals surface area contributed by atoms with Gasteiger partial charge in [0.05, 0.1) is 0 Å². The molecule has 0 bridgehead atoms. The van der Waals surface area contributed by atoms with E-state index in [1.54, 1.807) is 18.3 Å². The summed E-state index contributed by atoms with van der Waals surface area (Å²) in [5, 5.41) is 6.23. The first-order chi connectivity index (χ1) is 16.6. The van der Waals surface area contributed by atoms with Gasteiger partial charge < -0.3 is 10.6 Å². The van der Waals surface area contributed by atoms with Gasteiger partial charge >= 0.3 is 0 Å². The molecule has 1 unspecified atom stereocenters. The Morgan fingerprint density at radius 1 is 0.882 bits per heavy atom. The summed E-state index contributed by atoms with van der Waals surface area (Å²) in [6.45, 7) is 2.08. The van der Waals surface area contributed by atoms with Crippen molar-refractivity contribution in [3.8, 4) is 0 Å². The van der Waals surface area contributed by atoms with Crippen molar-refractivity contribution < 1.29 is 9.59 Å². The van der Waals surface area contributed by atoms with E-state index < -0.39 is 0 Å². The van der Waals surface area contributed by atoms with Crippen LogP contribution in [0, 0.1) is 6.92 Å². The number of carbonyl (C=O) groups is 2. The molecule has 0 radical (unpaired) electrons. The molecule has 2 amide bonds. The number of rotatable bonds is 5. The highest BCUT2D eigenvalue weighted by Gasteiger charge is 2.25. The van der Waals surface area contributed by atoms with Crippen molar-refractivity contribution in [2.24, 2.45) is 0 Å². The number of anilines is 1. The molecule has 5 nitrogen and oxygen atoms in total. The van der Waals surface area contributed by atoms with Crippen LogP contribution in [0.25, 0.3) is 5.57 Å². The molecule has 0 saturated carbocycles. The van der Waals surface area contributed by atoms with Crippen LogP contribution in [0.15, 0.2) is 72.4 Å². The third kappa shape index (κ3) is 4.79. The topological polar surface area (TPSA) is 71.1 Å². The second-order valence-electron chi connectivity index (χ2n) is 9.26. The molecule has 1 heterocycles. The number of benzene rings is 2. The Hall–Kier alpha value is -3.73. The summed E-state index contributed by atoms with van der Waals surface area (Å²) >= 11 is 0. The zero-order chi connectivity index (χ0) is 23.5. The van der Waals surface area contributed by atoms with E-state index in [-0.39, 0.29) is 17.9 Å². The number of carbonyl (C=O) groups excluding carboxylic acids is 2. The molecule has 1 atom stereocenters. The molecule has 0 spiro atoms. The number of hydrogen-bond donors (Lipinski definition) is 2. The number of allylic oxidation sites excluding steroid dienone is 1. The molecule has 34 heavy (non-hydrogen) atoms. The molecule has 2 aromatic carbocycles. The quantitative estimate of drug-likeness (QED) is 0.556. The zero-order valence-electron chi connectivity index (χ0n) is 19.4. The summed E-state index contributed by atoms with van der Waals surface area (Å²) in [5.74, 6) is -0.159. The fourth-order valence-corrected chi connectivity index (χ4v) is 4.99. The van der Waals surface area contributed by atoms with Gasteiger partial charge in [-0.2, -0.15) is 0 Å². The van der Waals surface area contributed by atoms with Crippen molar-refractivity contribution in [2.45, 2.75) is 51.5 Å². The number of pyridine rings is 1. The van der Waals surface area contributed by atoms with Crippen LogP contribution in [0.1, 0.15) is 58.4 Å². The van der Waals surface area contributed by atoms with Crippen LogP contribution in [0.4, 0.5) is 5.69 Å². The van der Waals surface area contributed by atoms with Crippen molar-refractivity contribution in [1.29, 1.82) is 0 Å². The highest BCUT2D eigenvalue weighted by Crippen LogP contribution is 2.33. The lowest BCUT2D eigenvalue weighted by Crippen LogP contribution is -2.35. The molecular weight excluding hydrogens is 422 g/mol. The highest BCUT2D eigenvalue weighted by molar-refractivity contribution is 6.09. The van der Waals surface area contributed by atoms with Crippen molar-refractivity contribution in [1.82, 2.24) is 10.3 Å². The number of fused-ring (bicyclic) bond motifs is 1. The first kappa shape index (κ1) is 22.1. The first-order valence-electron chi connectivity index (χ1n) is 12.0. The molecule has 0 aliphatic heterocycles. The normalized spacial score (nSPS) is 17.3. The smallest absolute Gasteiger partial charge is 0.270 e. The Balaban J connectivity index is 1.28. The second kappa shape index (κ2) is 9.64. The number of nitrogens with one attached hydrogen (secondary N) is 2. The van der Waals surface area contributed by atoms with Gasteiger partial charge in [-0.3, -0.25) is 14.6 Å². The molecular formula is C29H29N3O2. The minimum atomic E-state index is -0.153. The lowest BCUT2D eigenvalue weighted by Gasteiger charge is -2.20. The van der Waals surface area contributed by atoms with Crippen LogP contribution < -0.4 is 10.6 Å². The highest BCUT2D eigenvalue weighted by atomic mass is 16.2. The third-order valence-corrected chi connectivity index (χ3v) is 6.77. The van der Waals surface area contributed by atoms with E-state index in [4.69, 9.17) is 0 Å². The van der Waals surface area contributed by atoms with E-state index in [0.717, 1.165) is 55.3 Å². The molecule has 5 heteroatoms. The predicted molar refractivity (Wildman–Crippen MR) is 135 cm³/mol. The Kier molecular flexibility index (Phi) is 6.26. The summed E-state index contributed by atoms with van der Waals surface area (Å²) in [6, 6.07) is 19.9. The summed E-state index contributed by atoms with van der Waals surface area (Å²) in [6.07, 6.45) is 7.05. The molecule has 5 rings (SSSR count). The van der Waals surface area contributed by atoms with Gasteiger partial charge in [0.2, 0.25) is 0 Å². The fourth-order valence-electron chi connectivity index (χ4n) is 4.99. The number of hydrogen-bond acceptors (Lipinski definition) is 3. The van der Waals surface area contributed by atoms with Gasteiger partial charge in [0.1, 0.15) is 5.69 Å². The van der Waals surface area contributed by atoms with Gasteiger partial charge in [0.25, 0.3) is 11.8 Å². The maximum atomic E-state index is 13.3. The van der Waals surface area contributed by atoms with E-state index in [1.807, 2.05) is 12.1 Å². The van der Waals surface area contributed by atoms with Gasteiger partial charge in [-0.25, -0.2) is 0 Å². The standard InChI is InChI=1S/C29H29N3O2/c1-19-9-11-20(12-10-19)25-6-2-3-7-26(25)28(33)31-23-14-13-21-16-24(18-22(21)17-23)32-29(34)27-8-4-5-15-30-27/h4-5,8-15,17,24H,2-3,6-7,16,18H2,1H3,(H,31,33)(H,32,34). The maximum Gasteiger partial charge on any atom is 0.270 e. The average Bonchev–Trinajstić information content (AvgIpc) is 3.26. The minimum absolute atomic E-state index is 0.00627. The van der Waals surface area contributed by atoms with Crippen molar-refractivity contribution in [2.75, 3.05) is 5.32 Å². The predicted octanol–water partition coefficient (Wildman–Crippen LogP) is 5.25. The van der Waals surface area contributed by atoms with E-state index >= 15 is 0 Å².